The molecular weight excluding hydrogens is 326 g/mol. The van der Waals surface area contributed by atoms with Gasteiger partial charge < -0.3 is 9.47 Å². The Bertz CT molecular complexity index is 787. The molecule has 0 spiro atoms. The van der Waals surface area contributed by atoms with Gasteiger partial charge in [-0.3, -0.25) is 14.9 Å². The molecule has 0 saturated carbocycles. The minimum atomic E-state index is -0.683. The molecule has 0 aliphatic rings. The second-order valence-corrected chi connectivity index (χ2v) is 5.22. The topological polar surface area (TPSA) is 95.7 Å². The Morgan fingerprint density at radius 2 is 2.04 bits per heavy atom. The molecule has 0 aliphatic carbocycles. The van der Waals surface area contributed by atoms with Gasteiger partial charge in [0.05, 0.1) is 22.7 Å². The van der Waals surface area contributed by atoms with Gasteiger partial charge in [0, 0.05) is 12.1 Å². The van der Waals surface area contributed by atoms with Gasteiger partial charge in [-0.05, 0) is 30.7 Å². The van der Waals surface area contributed by atoms with Crippen LogP contribution in [0.1, 0.15) is 40.5 Å². The number of hydrogen-bond acceptors (Lipinski definition) is 6. The minimum Gasteiger partial charge on any atom is -0.494 e. The largest absolute Gasteiger partial charge is 0.494 e. The van der Waals surface area contributed by atoms with Gasteiger partial charge in [-0.2, -0.15) is 0 Å². The SMILES string of the molecule is CCCCOc1cccc(C(=O)Oc2ccc([N+](=O)[O-])cc2C=O)c1. The summed E-state index contributed by atoms with van der Waals surface area (Å²) in [4.78, 5) is 33.5. The van der Waals surface area contributed by atoms with E-state index in [-0.39, 0.29) is 22.6 Å². The zero-order valence-corrected chi connectivity index (χ0v) is 13.6. The molecule has 0 aliphatic heterocycles. The van der Waals surface area contributed by atoms with Crippen molar-refractivity contribution in [3.8, 4) is 11.5 Å². The number of nitro groups is 1. The maximum absolute atomic E-state index is 12.3. The van der Waals surface area contributed by atoms with Crippen molar-refractivity contribution in [2.24, 2.45) is 0 Å². The summed E-state index contributed by atoms with van der Waals surface area (Å²) >= 11 is 0. The third-order valence-electron chi connectivity index (χ3n) is 3.37. The van der Waals surface area contributed by atoms with Crippen molar-refractivity contribution in [1.29, 1.82) is 0 Å². The lowest BCUT2D eigenvalue weighted by atomic mass is 10.2. The summed E-state index contributed by atoms with van der Waals surface area (Å²) < 4.78 is 10.7. The van der Waals surface area contributed by atoms with Crippen LogP contribution in [0, 0.1) is 10.1 Å². The van der Waals surface area contributed by atoms with E-state index in [4.69, 9.17) is 9.47 Å². The van der Waals surface area contributed by atoms with E-state index < -0.39 is 10.9 Å². The van der Waals surface area contributed by atoms with Gasteiger partial charge in [-0.15, -0.1) is 0 Å². The number of unbranched alkanes of at least 4 members (excludes halogenated alkanes) is 1. The maximum atomic E-state index is 12.3. The Hall–Kier alpha value is -3.22. The van der Waals surface area contributed by atoms with Crippen LogP contribution >= 0.6 is 0 Å². The summed E-state index contributed by atoms with van der Waals surface area (Å²) in [5, 5.41) is 10.7. The number of aldehydes is 1. The molecule has 0 fully saturated rings. The number of hydrogen-bond donors (Lipinski definition) is 0. The predicted octanol–water partition coefficient (Wildman–Crippen LogP) is 3.81. The molecule has 7 heteroatoms. The summed E-state index contributed by atoms with van der Waals surface area (Å²) in [5.41, 5.74) is -0.0738. The van der Waals surface area contributed by atoms with Gasteiger partial charge in [-0.25, -0.2) is 4.79 Å². The number of carbonyl (C=O) groups is 2. The Morgan fingerprint density at radius 3 is 2.72 bits per heavy atom. The van der Waals surface area contributed by atoms with Crippen molar-refractivity contribution in [2.45, 2.75) is 19.8 Å². The standard InChI is InChI=1S/C18H17NO6/c1-2-3-9-24-16-6-4-5-13(11-16)18(21)25-17-8-7-15(19(22)23)10-14(17)12-20/h4-8,10-12H,2-3,9H2,1H3. The smallest absolute Gasteiger partial charge is 0.343 e. The van der Waals surface area contributed by atoms with E-state index in [0.29, 0.717) is 18.6 Å². The highest BCUT2D eigenvalue weighted by molar-refractivity contribution is 5.93. The van der Waals surface area contributed by atoms with E-state index in [9.17, 15) is 19.7 Å². The Kier molecular flexibility index (Phi) is 6.22. The molecule has 2 aromatic rings. The van der Waals surface area contributed by atoms with Crippen molar-refractivity contribution in [3.05, 3.63) is 63.7 Å². The van der Waals surface area contributed by atoms with Crippen molar-refractivity contribution < 1.29 is 24.0 Å². The number of nitrogens with zero attached hydrogens (tertiary/aromatic N) is 1. The molecule has 7 nitrogen and oxygen atoms in total. The van der Waals surface area contributed by atoms with Crippen LogP contribution in [0.5, 0.6) is 11.5 Å². The van der Waals surface area contributed by atoms with Crippen LogP contribution in [-0.4, -0.2) is 23.8 Å². The molecule has 0 radical (unpaired) electrons. The van der Waals surface area contributed by atoms with E-state index in [1.54, 1.807) is 24.3 Å². The third kappa shape index (κ3) is 4.87. The van der Waals surface area contributed by atoms with Crippen LogP contribution in [0.3, 0.4) is 0 Å². The number of carbonyl (C=O) groups excluding carboxylic acids is 2. The molecule has 0 atom stereocenters. The fraction of sp³-hybridized carbons (Fsp3) is 0.222. The molecule has 0 heterocycles. The second kappa shape index (κ2) is 8.58. The second-order valence-electron chi connectivity index (χ2n) is 5.22. The first-order valence-electron chi connectivity index (χ1n) is 7.73. The minimum absolute atomic E-state index is 0.0390. The van der Waals surface area contributed by atoms with Gasteiger partial charge in [0.15, 0.2) is 6.29 Å². The zero-order valence-electron chi connectivity index (χ0n) is 13.6. The van der Waals surface area contributed by atoms with Gasteiger partial charge in [0.25, 0.3) is 5.69 Å². The number of ether oxygens (including phenoxy) is 2. The van der Waals surface area contributed by atoms with E-state index in [1.165, 1.54) is 12.1 Å². The quantitative estimate of drug-likeness (QED) is 0.181. The first-order chi connectivity index (χ1) is 12.0. The fourth-order valence-corrected chi connectivity index (χ4v) is 2.04. The Labute approximate surface area is 144 Å². The summed E-state index contributed by atoms with van der Waals surface area (Å²) in [5.74, 6) is -0.178. The first kappa shape index (κ1) is 18.1. The molecule has 25 heavy (non-hydrogen) atoms. The van der Waals surface area contributed by atoms with Crippen molar-refractivity contribution in [3.63, 3.8) is 0 Å². The lowest BCUT2D eigenvalue weighted by Crippen LogP contribution is -2.10. The molecule has 0 unspecified atom stereocenters. The number of benzene rings is 2. The van der Waals surface area contributed by atoms with Crippen molar-refractivity contribution >= 4 is 17.9 Å². The number of non-ortho nitro benzene ring substituents is 1. The van der Waals surface area contributed by atoms with Crippen LogP contribution in [-0.2, 0) is 0 Å². The van der Waals surface area contributed by atoms with Crippen LogP contribution in [0.25, 0.3) is 0 Å². The number of nitro benzene ring substituents is 1. The molecular formula is C18H17NO6. The first-order valence-corrected chi connectivity index (χ1v) is 7.73. The maximum Gasteiger partial charge on any atom is 0.343 e. The van der Waals surface area contributed by atoms with E-state index in [2.05, 4.69) is 0 Å². The predicted molar refractivity (Wildman–Crippen MR) is 90.3 cm³/mol. The Balaban J connectivity index is 2.15. The molecule has 0 N–H and O–H groups in total. The lowest BCUT2D eigenvalue weighted by molar-refractivity contribution is -0.384. The molecule has 0 bridgehead atoms. The van der Waals surface area contributed by atoms with Gasteiger partial charge in [0.2, 0.25) is 0 Å². The average molecular weight is 343 g/mol. The monoisotopic (exact) mass is 343 g/mol. The van der Waals surface area contributed by atoms with Crippen LogP contribution < -0.4 is 9.47 Å². The summed E-state index contributed by atoms with van der Waals surface area (Å²) in [6.07, 6.45) is 2.30. The molecule has 0 amide bonds. The van der Waals surface area contributed by atoms with Crippen LogP contribution in [0.4, 0.5) is 5.69 Å². The molecule has 0 saturated heterocycles. The zero-order chi connectivity index (χ0) is 18.2. The number of rotatable bonds is 8. The van der Waals surface area contributed by atoms with Crippen LogP contribution in [0.15, 0.2) is 42.5 Å². The summed E-state index contributed by atoms with van der Waals surface area (Å²) in [6.45, 7) is 2.60. The van der Waals surface area contributed by atoms with Gasteiger partial charge in [0.1, 0.15) is 11.5 Å². The Morgan fingerprint density at radius 1 is 1.24 bits per heavy atom. The lowest BCUT2D eigenvalue weighted by Gasteiger charge is -2.09. The summed E-state index contributed by atoms with van der Waals surface area (Å²) in [7, 11) is 0. The van der Waals surface area contributed by atoms with Crippen molar-refractivity contribution in [1.82, 2.24) is 0 Å². The summed E-state index contributed by atoms with van der Waals surface area (Å²) in [6, 6.07) is 9.94. The van der Waals surface area contributed by atoms with E-state index in [1.807, 2.05) is 6.92 Å². The van der Waals surface area contributed by atoms with Crippen molar-refractivity contribution in [2.75, 3.05) is 6.61 Å². The highest BCUT2D eigenvalue weighted by Crippen LogP contribution is 2.24. The van der Waals surface area contributed by atoms with Gasteiger partial charge in [-0.1, -0.05) is 19.4 Å². The molecule has 130 valence electrons. The molecule has 0 aromatic heterocycles. The third-order valence-corrected chi connectivity index (χ3v) is 3.37. The van der Waals surface area contributed by atoms with Crippen LogP contribution in [0.2, 0.25) is 0 Å². The van der Waals surface area contributed by atoms with E-state index in [0.717, 1.165) is 18.9 Å². The highest BCUT2D eigenvalue weighted by atomic mass is 16.6. The average Bonchev–Trinajstić information content (AvgIpc) is 2.62. The van der Waals surface area contributed by atoms with Gasteiger partial charge >= 0.3 is 5.97 Å². The normalized spacial score (nSPS) is 10.1. The van der Waals surface area contributed by atoms with E-state index >= 15 is 0 Å². The fourth-order valence-electron chi connectivity index (χ4n) is 2.04. The highest BCUT2D eigenvalue weighted by Gasteiger charge is 2.16. The number of esters is 1. The molecule has 2 aromatic carbocycles. The molecule has 2 rings (SSSR count).